The van der Waals surface area contributed by atoms with Gasteiger partial charge in [-0.3, -0.25) is 4.79 Å². The van der Waals surface area contributed by atoms with E-state index in [1.54, 1.807) is 17.0 Å². The maximum absolute atomic E-state index is 13.2. The number of benzene rings is 3. The number of hydrogen-bond donors (Lipinski definition) is 0. The van der Waals surface area contributed by atoms with Crippen LogP contribution in [0.25, 0.3) is 0 Å². The fourth-order valence-corrected chi connectivity index (χ4v) is 3.17. The second kappa shape index (κ2) is 8.05. The second-order valence-electron chi connectivity index (χ2n) is 6.59. The van der Waals surface area contributed by atoms with E-state index in [9.17, 15) is 9.18 Å². The predicted octanol–water partition coefficient (Wildman–Crippen LogP) is 4.55. The molecule has 3 aromatic carbocycles. The number of rotatable bonds is 5. The van der Waals surface area contributed by atoms with E-state index in [0.717, 1.165) is 16.8 Å². The molecule has 4 rings (SSSR count). The molecule has 1 amide bonds. The number of anilines is 1. The fourth-order valence-electron chi connectivity index (χ4n) is 3.17. The van der Waals surface area contributed by atoms with Crippen molar-refractivity contribution in [2.24, 2.45) is 5.16 Å². The summed E-state index contributed by atoms with van der Waals surface area (Å²) in [4.78, 5) is 20.4. The van der Waals surface area contributed by atoms with Crippen molar-refractivity contribution in [1.29, 1.82) is 0 Å². The van der Waals surface area contributed by atoms with Gasteiger partial charge in [-0.15, -0.1) is 0 Å². The van der Waals surface area contributed by atoms with Gasteiger partial charge in [-0.25, -0.2) is 4.39 Å². The van der Waals surface area contributed by atoms with Gasteiger partial charge in [-0.1, -0.05) is 65.8 Å². The van der Waals surface area contributed by atoms with Gasteiger partial charge in [0.1, 0.15) is 5.82 Å². The highest BCUT2D eigenvalue weighted by molar-refractivity contribution is 6.06. The summed E-state index contributed by atoms with van der Waals surface area (Å²) < 4.78 is 13.1. The molecule has 0 saturated carbocycles. The van der Waals surface area contributed by atoms with Crippen LogP contribution in [0.3, 0.4) is 0 Å². The van der Waals surface area contributed by atoms with Gasteiger partial charge in [0.15, 0.2) is 0 Å². The van der Waals surface area contributed by atoms with Crippen LogP contribution < -0.4 is 4.90 Å². The van der Waals surface area contributed by atoms with Crippen molar-refractivity contribution in [2.75, 3.05) is 4.90 Å². The number of nitrogens with zero attached hydrogens (tertiary/aromatic N) is 2. The van der Waals surface area contributed by atoms with Crippen LogP contribution >= 0.6 is 0 Å². The van der Waals surface area contributed by atoms with Gasteiger partial charge in [0.05, 0.1) is 12.3 Å². The molecule has 0 aromatic heterocycles. The van der Waals surface area contributed by atoms with Crippen LogP contribution in [0.15, 0.2) is 90.1 Å². The summed E-state index contributed by atoms with van der Waals surface area (Å²) in [5.74, 6) is -0.468. The summed E-state index contributed by atoms with van der Waals surface area (Å²) >= 11 is 0. The zero-order chi connectivity index (χ0) is 19.3. The van der Waals surface area contributed by atoms with Crippen LogP contribution in [-0.2, 0) is 16.2 Å². The minimum Gasteiger partial charge on any atom is -0.382 e. The maximum Gasteiger partial charge on any atom is 0.271 e. The normalized spacial score (nSPS) is 15.6. The van der Waals surface area contributed by atoms with Crippen LogP contribution in [0.2, 0.25) is 0 Å². The van der Waals surface area contributed by atoms with E-state index in [2.05, 4.69) is 5.16 Å². The Morgan fingerprint density at radius 3 is 2.29 bits per heavy atom. The summed E-state index contributed by atoms with van der Waals surface area (Å²) in [5.41, 5.74) is 3.23. The van der Waals surface area contributed by atoms with Crippen molar-refractivity contribution in [2.45, 2.75) is 19.1 Å². The molecule has 0 radical (unpaired) electrons. The Labute approximate surface area is 162 Å². The number of amides is 1. The number of carbonyl (C=O) groups is 1. The van der Waals surface area contributed by atoms with Crippen LogP contribution in [0.4, 0.5) is 10.1 Å². The largest absolute Gasteiger partial charge is 0.382 e. The average Bonchev–Trinajstić information content (AvgIpc) is 3.24. The zero-order valence-corrected chi connectivity index (χ0v) is 15.2. The molecule has 1 aliphatic rings. The Balaban J connectivity index is 1.54. The Hall–Kier alpha value is -3.47. The molecule has 0 N–H and O–H groups in total. The molecule has 140 valence electrons. The van der Waals surface area contributed by atoms with Crippen molar-refractivity contribution in [3.8, 4) is 0 Å². The third kappa shape index (κ3) is 3.93. The van der Waals surface area contributed by atoms with Crippen LogP contribution in [0.5, 0.6) is 0 Å². The molecule has 0 spiro atoms. The Kier molecular flexibility index (Phi) is 5.15. The number of carbonyl (C=O) groups excluding carboxylic acids is 1. The highest BCUT2D eigenvalue weighted by atomic mass is 19.1. The maximum atomic E-state index is 13.2. The molecule has 1 aliphatic heterocycles. The van der Waals surface area contributed by atoms with Crippen molar-refractivity contribution in [1.82, 2.24) is 0 Å². The first-order valence-corrected chi connectivity index (χ1v) is 9.10. The van der Waals surface area contributed by atoms with Gasteiger partial charge in [0.2, 0.25) is 6.10 Å². The Bertz CT molecular complexity index is 973. The zero-order valence-electron chi connectivity index (χ0n) is 15.2. The first-order chi connectivity index (χ1) is 13.7. The molecule has 3 aromatic rings. The molecule has 1 heterocycles. The number of halogens is 1. The van der Waals surface area contributed by atoms with Gasteiger partial charge in [-0.2, -0.15) is 0 Å². The predicted molar refractivity (Wildman–Crippen MR) is 107 cm³/mol. The van der Waals surface area contributed by atoms with E-state index in [0.29, 0.717) is 18.7 Å². The number of oxime groups is 1. The van der Waals surface area contributed by atoms with Gasteiger partial charge >= 0.3 is 0 Å². The van der Waals surface area contributed by atoms with E-state index in [1.165, 1.54) is 12.1 Å². The first kappa shape index (κ1) is 17.9. The highest BCUT2D eigenvalue weighted by Gasteiger charge is 2.33. The Morgan fingerprint density at radius 2 is 1.61 bits per heavy atom. The third-order valence-electron chi connectivity index (χ3n) is 4.64. The molecular formula is C23H19FN2O2. The molecule has 1 atom stereocenters. The smallest absolute Gasteiger partial charge is 0.271 e. The van der Waals surface area contributed by atoms with Gasteiger partial charge in [0.25, 0.3) is 5.91 Å². The number of hydrogen-bond acceptors (Lipinski definition) is 3. The standard InChI is InChI=1S/C23H19FN2O2/c24-19-13-11-18(12-14-19)21-15-22(28-25-21)23(27)26(20-9-5-2-6-10-20)16-17-7-3-1-4-8-17/h1-14,22H,15-16H2. The van der Waals surface area contributed by atoms with E-state index in [1.807, 2.05) is 60.7 Å². The third-order valence-corrected chi connectivity index (χ3v) is 4.64. The quantitative estimate of drug-likeness (QED) is 0.657. The molecule has 1 unspecified atom stereocenters. The van der Waals surface area contributed by atoms with Crippen LogP contribution in [-0.4, -0.2) is 17.7 Å². The average molecular weight is 374 g/mol. The number of para-hydroxylation sites is 1. The molecule has 28 heavy (non-hydrogen) atoms. The van der Waals surface area contributed by atoms with Gasteiger partial charge in [-0.05, 0) is 35.4 Å². The van der Waals surface area contributed by atoms with Gasteiger partial charge in [0, 0.05) is 12.1 Å². The lowest BCUT2D eigenvalue weighted by Crippen LogP contribution is -2.39. The van der Waals surface area contributed by atoms with Crippen LogP contribution in [0, 0.1) is 5.82 Å². The van der Waals surface area contributed by atoms with E-state index in [-0.39, 0.29) is 11.7 Å². The molecule has 0 fully saturated rings. The lowest BCUT2D eigenvalue weighted by molar-refractivity contribution is -0.128. The first-order valence-electron chi connectivity index (χ1n) is 9.10. The molecule has 0 bridgehead atoms. The van der Waals surface area contributed by atoms with Crippen LogP contribution in [0.1, 0.15) is 17.5 Å². The lowest BCUT2D eigenvalue weighted by Gasteiger charge is -2.25. The SMILES string of the molecule is O=C(C1CC(c2ccc(F)cc2)=NO1)N(Cc1ccccc1)c1ccccc1. The van der Waals surface area contributed by atoms with E-state index < -0.39 is 6.10 Å². The van der Waals surface area contributed by atoms with Crippen molar-refractivity contribution >= 4 is 17.3 Å². The fraction of sp³-hybridized carbons (Fsp3) is 0.130. The summed E-state index contributed by atoms with van der Waals surface area (Å²) in [6.07, 6.45) is -0.355. The summed E-state index contributed by atoms with van der Waals surface area (Å²) in [6.45, 7) is 0.440. The topological polar surface area (TPSA) is 41.9 Å². The lowest BCUT2D eigenvalue weighted by atomic mass is 10.0. The summed E-state index contributed by atoms with van der Waals surface area (Å²) in [6, 6.07) is 25.4. The molecular weight excluding hydrogens is 355 g/mol. The van der Waals surface area contributed by atoms with Crippen molar-refractivity contribution in [3.63, 3.8) is 0 Å². The van der Waals surface area contributed by atoms with Gasteiger partial charge < -0.3 is 9.74 Å². The van der Waals surface area contributed by atoms with Crippen molar-refractivity contribution in [3.05, 3.63) is 102 Å². The second-order valence-corrected chi connectivity index (χ2v) is 6.59. The molecule has 5 heteroatoms. The monoisotopic (exact) mass is 374 g/mol. The molecule has 0 aliphatic carbocycles. The van der Waals surface area contributed by atoms with E-state index >= 15 is 0 Å². The molecule has 0 saturated heterocycles. The van der Waals surface area contributed by atoms with Crippen molar-refractivity contribution < 1.29 is 14.0 Å². The summed E-state index contributed by atoms with van der Waals surface area (Å²) in [5, 5.41) is 4.07. The minimum absolute atomic E-state index is 0.157. The highest BCUT2D eigenvalue weighted by Crippen LogP contribution is 2.24. The van der Waals surface area contributed by atoms with E-state index in [4.69, 9.17) is 4.84 Å². The summed E-state index contributed by atoms with van der Waals surface area (Å²) in [7, 11) is 0. The Morgan fingerprint density at radius 1 is 0.964 bits per heavy atom. The molecule has 4 nitrogen and oxygen atoms in total. The minimum atomic E-state index is -0.705.